The van der Waals surface area contributed by atoms with Crippen LogP contribution in [0.3, 0.4) is 0 Å². The van der Waals surface area contributed by atoms with E-state index in [9.17, 15) is 4.79 Å². The molecule has 0 unspecified atom stereocenters. The summed E-state index contributed by atoms with van der Waals surface area (Å²) in [6, 6.07) is 11.2. The summed E-state index contributed by atoms with van der Waals surface area (Å²) < 4.78 is 0. The number of benzene rings is 1. The second kappa shape index (κ2) is 5.28. The predicted octanol–water partition coefficient (Wildman–Crippen LogP) is 2.88. The van der Waals surface area contributed by atoms with Crippen LogP contribution in [0.5, 0.6) is 0 Å². The number of nitrogens with one attached hydrogen (secondary N) is 2. The maximum atomic E-state index is 12.4. The number of hydrogen-bond donors (Lipinski definition) is 2. The molecule has 0 aliphatic heterocycles. The van der Waals surface area contributed by atoms with Crippen molar-refractivity contribution in [3.05, 3.63) is 54.4 Å². The van der Waals surface area contributed by atoms with Crippen LogP contribution in [0.4, 0.5) is 11.5 Å². The van der Waals surface area contributed by atoms with Gasteiger partial charge in [0.2, 0.25) is 0 Å². The van der Waals surface area contributed by atoms with Crippen LogP contribution in [-0.4, -0.2) is 30.0 Å². The third kappa shape index (κ3) is 2.58. The van der Waals surface area contributed by atoms with Gasteiger partial charge in [0, 0.05) is 43.0 Å². The van der Waals surface area contributed by atoms with Gasteiger partial charge in [-0.05, 0) is 36.4 Å². The molecule has 2 aromatic heterocycles. The summed E-state index contributed by atoms with van der Waals surface area (Å²) in [5.74, 6) is 0.586. The van der Waals surface area contributed by atoms with Crippen molar-refractivity contribution in [1.82, 2.24) is 9.97 Å². The molecule has 21 heavy (non-hydrogen) atoms. The van der Waals surface area contributed by atoms with Crippen molar-refractivity contribution >= 4 is 28.3 Å². The van der Waals surface area contributed by atoms with Crippen molar-refractivity contribution in [2.45, 2.75) is 0 Å². The van der Waals surface area contributed by atoms with Crippen molar-refractivity contribution in [2.75, 3.05) is 24.3 Å². The van der Waals surface area contributed by atoms with E-state index in [1.165, 1.54) is 0 Å². The molecule has 0 spiro atoms. The largest absolute Gasteiger partial charge is 0.361 e. The highest BCUT2D eigenvalue weighted by Gasteiger charge is 2.11. The van der Waals surface area contributed by atoms with Gasteiger partial charge < -0.3 is 15.2 Å². The van der Waals surface area contributed by atoms with Gasteiger partial charge in [0.15, 0.2) is 5.82 Å². The van der Waals surface area contributed by atoms with Crippen molar-refractivity contribution in [3.8, 4) is 0 Å². The highest BCUT2D eigenvalue weighted by Crippen LogP contribution is 2.22. The summed E-state index contributed by atoms with van der Waals surface area (Å²) in [5, 5.41) is 3.93. The highest BCUT2D eigenvalue weighted by molar-refractivity contribution is 6.07. The number of anilines is 2. The number of carbonyl (C=O) groups is 1. The predicted molar refractivity (Wildman–Crippen MR) is 84.8 cm³/mol. The first-order valence-electron chi connectivity index (χ1n) is 6.66. The zero-order valence-corrected chi connectivity index (χ0v) is 11.9. The summed E-state index contributed by atoms with van der Waals surface area (Å²) >= 11 is 0. The Morgan fingerprint density at radius 2 is 2.10 bits per heavy atom. The van der Waals surface area contributed by atoms with E-state index in [2.05, 4.69) is 15.3 Å². The molecule has 0 fully saturated rings. The van der Waals surface area contributed by atoms with E-state index in [0.717, 1.165) is 16.7 Å². The zero-order valence-electron chi connectivity index (χ0n) is 11.9. The van der Waals surface area contributed by atoms with Crippen LogP contribution in [-0.2, 0) is 0 Å². The molecule has 0 aliphatic carbocycles. The lowest BCUT2D eigenvalue weighted by atomic mass is 10.1. The second-order valence-electron chi connectivity index (χ2n) is 5.00. The van der Waals surface area contributed by atoms with Crippen molar-refractivity contribution in [3.63, 3.8) is 0 Å². The van der Waals surface area contributed by atoms with E-state index in [1.54, 1.807) is 18.3 Å². The van der Waals surface area contributed by atoms with Crippen molar-refractivity contribution < 1.29 is 4.79 Å². The second-order valence-corrected chi connectivity index (χ2v) is 5.00. The average Bonchev–Trinajstić information content (AvgIpc) is 2.94. The molecule has 2 heterocycles. The minimum absolute atomic E-state index is 0.144. The van der Waals surface area contributed by atoms with E-state index in [4.69, 9.17) is 0 Å². The smallest absolute Gasteiger partial charge is 0.255 e. The van der Waals surface area contributed by atoms with Crippen LogP contribution < -0.4 is 10.2 Å². The molecular formula is C16H16N4O. The normalized spacial score (nSPS) is 10.6. The lowest BCUT2D eigenvalue weighted by Crippen LogP contribution is -2.17. The average molecular weight is 280 g/mol. The zero-order chi connectivity index (χ0) is 14.8. The Labute approximate surface area is 122 Å². The lowest BCUT2D eigenvalue weighted by molar-refractivity contribution is 0.102. The van der Waals surface area contributed by atoms with Crippen LogP contribution in [0.25, 0.3) is 10.9 Å². The van der Waals surface area contributed by atoms with Gasteiger partial charge in [-0.15, -0.1) is 0 Å². The summed E-state index contributed by atoms with van der Waals surface area (Å²) in [6.45, 7) is 0. The third-order valence-corrected chi connectivity index (χ3v) is 3.27. The number of aromatic nitrogens is 2. The molecule has 1 amide bonds. The van der Waals surface area contributed by atoms with Crippen LogP contribution in [0.2, 0.25) is 0 Å². The Morgan fingerprint density at radius 1 is 1.24 bits per heavy atom. The molecule has 2 N–H and O–H groups in total. The molecule has 0 bridgehead atoms. The number of rotatable bonds is 3. The first-order chi connectivity index (χ1) is 10.1. The molecule has 0 saturated heterocycles. The van der Waals surface area contributed by atoms with Crippen LogP contribution in [0.15, 0.2) is 48.8 Å². The fourth-order valence-corrected chi connectivity index (χ4v) is 2.24. The summed E-state index contributed by atoms with van der Waals surface area (Å²) in [6.07, 6.45) is 3.56. The van der Waals surface area contributed by atoms with E-state index in [1.807, 2.05) is 49.5 Å². The molecule has 0 atom stereocenters. The fraction of sp³-hybridized carbons (Fsp3) is 0.125. The first-order valence-corrected chi connectivity index (χ1v) is 6.66. The van der Waals surface area contributed by atoms with E-state index in [-0.39, 0.29) is 5.91 Å². The Bertz CT molecular complexity index is 792. The molecular weight excluding hydrogens is 264 g/mol. The van der Waals surface area contributed by atoms with Gasteiger partial charge in [-0.2, -0.15) is 0 Å². The van der Waals surface area contributed by atoms with Crippen molar-refractivity contribution in [2.24, 2.45) is 0 Å². The summed E-state index contributed by atoms with van der Waals surface area (Å²) in [4.78, 5) is 21.6. The Morgan fingerprint density at radius 3 is 2.90 bits per heavy atom. The van der Waals surface area contributed by atoms with E-state index < -0.39 is 0 Å². The number of amides is 1. The monoisotopic (exact) mass is 280 g/mol. The lowest BCUT2D eigenvalue weighted by Gasteiger charge is -2.16. The standard InChI is InChI=1S/C16H16N4O/c1-20(2)15-14(4-3-8-18-15)19-16(21)12-5-6-13-11(10-12)7-9-17-13/h3-10,17H,1-2H3,(H,19,21). The SMILES string of the molecule is CN(C)c1ncccc1NC(=O)c1ccc2[nH]ccc2c1. The molecule has 1 aromatic carbocycles. The highest BCUT2D eigenvalue weighted by atomic mass is 16.1. The number of fused-ring (bicyclic) bond motifs is 1. The molecule has 5 nitrogen and oxygen atoms in total. The number of carbonyl (C=O) groups excluding carboxylic acids is 1. The fourth-order valence-electron chi connectivity index (χ4n) is 2.24. The van der Waals surface area contributed by atoms with Crippen LogP contribution in [0.1, 0.15) is 10.4 Å². The van der Waals surface area contributed by atoms with Gasteiger partial charge in [-0.25, -0.2) is 4.98 Å². The number of nitrogens with zero attached hydrogens (tertiary/aromatic N) is 2. The van der Waals surface area contributed by atoms with Gasteiger partial charge in [0.25, 0.3) is 5.91 Å². The summed E-state index contributed by atoms with van der Waals surface area (Å²) in [5.41, 5.74) is 2.33. The van der Waals surface area contributed by atoms with Gasteiger partial charge in [-0.1, -0.05) is 0 Å². The Balaban J connectivity index is 1.89. The molecule has 3 aromatic rings. The van der Waals surface area contributed by atoms with E-state index >= 15 is 0 Å². The molecule has 0 aliphatic rings. The molecule has 5 heteroatoms. The van der Waals surface area contributed by atoms with Gasteiger partial charge in [0.1, 0.15) is 0 Å². The van der Waals surface area contributed by atoms with Crippen molar-refractivity contribution in [1.29, 1.82) is 0 Å². The minimum atomic E-state index is -0.144. The van der Waals surface area contributed by atoms with E-state index in [0.29, 0.717) is 11.3 Å². The number of pyridine rings is 1. The topological polar surface area (TPSA) is 61.0 Å². The molecule has 0 radical (unpaired) electrons. The van der Waals surface area contributed by atoms with Crippen LogP contribution in [0, 0.1) is 0 Å². The third-order valence-electron chi connectivity index (χ3n) is 3.27. The maximum Gasteiger partial charge on any atom is 0.255 e. The molecule has 0 saturated carbocycles. The number of aromatic amines is 1. The Hall–Kier alpha value is -2.82. The van der Waals surface area contributed by atoms with Crippen LogP contribution >= 0.6 is 0 Å². The van der Waals surface area contributed by atoms with Gasteiger partial charge in [-0.3, -0.25) is 4.79 Å². The number of H-pyrrole nitrogens is 1. The quantitative estimate of drug-likeness (QED) is 0.775. The molecule has 3 rings (SSSR count). The Kier molecular flexibility index (Phi) is 3.31. The van der Waals surface area contributed by atoms with Gasteiger partial charge in [0.05, 0.1) is 5.69 Å². The molecule has 106 valence electrons. The number of hydrogen-bond acceptors (Lipinski definition) is 3. The maximum absolute atomic E-state index is 12.4. The minimum Gasteiger partial charge on any atom is -0.361 e. The van der Waals surface area contributed by atoms with Gasteiger partial charge >= 0.3 is 0 Å². The summed E-state index contributed by atoms with van der Waals surface area (Å²) in [7, 11) is 3.79. The first kappa shape index (κ1) is 13.2.